The molecule has 0 aromatic rings. The number of carboxylic acid groups (broad SMARTS) is 1. The maximum absolute atomic E-state index is 11.3. The zero-order chi connectivity index (χ0) is 10.7. The van der Waals surface area contributed by atoms with E-state index >= 15 is 0 Å². The van der Waals surface area contributed by atoms with Crippen LogP contribution in [0.15, 0.2) is 0 Å². The molecule has 1 rings (SSSR count). The van der Waals surface area contributed by atoms with Crippen LogP contribution in [0, 0.1) is 11.8 Å². The fraction of sp³-hybridized carbons (Fsp3) is 0.778. The molecule has 0 aromatic heterocycles. The normalized spacial score (nSPS) is 32.3. The molecular formula is C9H13O5-. The lowest BCUT2D eigenvalue weighted by Crippen LogP contribution is -2.40. The van der Waals surface area contributed by atoms with Gasteiger partial charge >= 0.3 is 0 Å². The van der Waals surface area contributed by atoms with Crippen molar-refractivity contribution in [3.8, 4) is 0 Å². The van der Waals surface area contributed by atoms with Gasteiger partial charge in [-0.1, -0.05) is 6.92 Å². The number of ether oxygens (including phenoxy) is 2. The van der Waals surface area contributed by atoms with Crippen LogP contribution in [0.4, 0.5) is 4.79 Å². The zero-order valence-electron chi connectivity index (χ0n) is 8.19. The van der Waals surface area contributed by atoms with Gasteiger partial charge in [0, 0.05) is 12.5 Å². The fourth-order valence-corrected chi connectivity index (χ4v) is 1.61. The Balaban J connectivity index is 2.57. The molecule has 5 nitrogen and oxygen atoms in total. The average molecular weight is 201 g/mol. The Morgan fingerprint density at radius 3 is 2.64 bits per heavy atom. The Bertz CT molecular complexity index is 237. The minimum atomic E-state index is -1.79. The van der Waals surface area contributed by atoms with Crippen LogP contribution >= 0.6 is 0 Å². The number of carbonyl (C=O) groups is 2. The predicted octanol–water partition coefficient (Wildman–Crippen LogP) is -0.0660. The van der Waals surface area contributed by atoms with Gasteiger partial charge in [0.1, 0.15) is 0 Å². The summed E-state index contributed by atoms with van der Waals surface area (Å²) in [5.41, 5.74) is 0. The molecule has 80 valence electrons. The molecule has 1 saturated heterocycles. The van der Waals surface area contributed by atoms with E-state index in [2.05, 4.69) is 4.74 Å². The first-order chi connectivity index (χ1) is 6.52. The lowest BCUT2D eigenvalue weighted by atomic mass is 9.85. The summed E-state index contributed by atoms with van der Waals surface area (Å²) in [4.78, 5) is 21.3. The van der Waals surface area contributed by atoms with Crippen LogP contribution in [0.25, 0.3) is 0 Å². The minimum absolute atomic E-state index is 0.0319. The Hall–Kier alpha value is -1.10. The molecule has 0 saturated carbocycles. The van der Waals surface area contributed by atoms with E-state index in [0.29, 0.717) is 13.0 Å². The number of rotatable bonds is 1. The second kappa shape index (κ2) is 4.41. The summed E-state index contributed by atoms with van der Waals surface area (Å²) in [5, 5.41) is 10.1. The van der Waals surface area contributed by atoms with Crippen LogP contribution in [-0.4, -0.2) is 24.8 Å². The molecule has 0 N–H and O–H groups in total. The Kier molecular flexibility index (Phi) is 3.46. The summed E-state index contributed by atoms with van der Waals surface area (Å²) >= 11 is 0. The van der Waals surface area contributed by atoms with Gasteiger partial charge in [-0.25, -0.2) is 0 Å². The average Bonchev–Trinajstić information content (AvgIpc) is 2.08. The molecule has 3 atom stereocenters. The molecular weight excluding hydrogens is 188 g/mol. The highest BCUT2D eigenvalue weighted by Gasteiger charge is 2.32. The largest absolute Gasteiger partial charge is 0.484 e. The van der Waals surface area contributed by atoms with Crippen molar-refractivity contribution in [1.82, 2.24) is 0 Å². The molecule has 3 unspecified atom stereocenters. The zero-order valence-corrected chi connectivity index (χ0v) is 8.19. The first kappa shape index (κ1) is 11.0. The number of esters is 1. The van der Waals surface area contributed by atoms with Gasteiger partial charge in [-0.3, -0.25) is 4.79 Å². The van der Waals surface area contributed by atoms with Crippen molar-refractivity contribution >= 4 is 12.1 Å². The maximum atomic E-state index is 11.3. The third-order valence-electron chi connectivity index (χ3n) is 2.67. The lowest BCUT2D eigenvalue weighted by Gasteiger charge is -2.33. The van der Waals surface area contributed by atoms with Crippen molar-refractivity contribution in [2.45, 2.75) is 26.4 Å². The summed E-state index contributed by atoms with van der Waals surface area (Å²) in [6.45, 7) is 4.15. The van der Waals surface area contributed by atoms with E-state index in [1.165, 1.54) is 0 Å². The van der Waals surface area contributed by atoms with Gasteiger partial charge in [-0.2, -0.15) is 0 Å². The van der Waals surface area contributed by atoms with E-state index in [-0.39, 0.29) is 12.0 Å². The van der Waals surface area contributed by atoms with Gasteiger partial charge in [0.2, 0.25) is 5.97 Å². The SMILES string of the molecule is CC1OCCC(C(=O)OC(=O)[O-])C1C. The van der Waals surface area contributed by atoms with E-state index in [9.17, 15) is 14.7 Å². The molecule has 1 heterocycles. The molecule has 1 aliphatic heterocycles. The Labute approximate surface area is 82.0 Å². The minimum Gasteiger partial charge on any atom is -0.484 e. The molecule has 0 amide bonds. The van der Waals surface area contributed by atoms with Crippen LogP contribution in [0.5, 0.6) is 0 Å². The summed E-state index contributed by atoms with van der Waals surface area (Å²) in [6.07, 6.45) is -1.35. The summed E-state index contributed by atoms with van der Waals surface area (Å²) < 4.78 is 9.32. The quantitative estimate of drug-likeness (QED) is 0.438. The van der Waals surface area contributed by atoms with E-state index < -0.39 is 18.0 Å². The third kappa shape index (κ3) is 2.45. The number of carbonyl (C=O) groups excluding carboxylic acids is 2. The second-order valence-corrected chi connectivity index (χ2v) is 3.50. The summed E-state index contributed by atoms with van der Waals surface area (Å²) in [5.74, 6) is -1.17. The topological polar surface area (TPSA) is 75.7 Å². The van der Waals surface area contributed by atoms with E-state index in [4.69, 9.17) is 4.74 Å². The Morgan fingerprint density at radius 2 is 2.07 bits per heavy atom. The Morgan fingerprint density at radius 1 is 1.43 bits per heavy atom. The van der Waals surface area contributed by atoms with Crippen LogP contribution in [-0.2, 0) is 14.3 Å². The molecule has 1 aliphatic rings. The van der Waals surface area contributed by atoms with E-state index in [0.717, 1.165) is 0 Å². The molecule has 1 fully saturated rings. The highest BCUT2D eigenvalue weighted by atomic mass is 16.7. The van der Waals surface area contributed by atoms with Gasteiger partial charge in [0.05, 0.1) is 6.10 Å². The number of hydrogen-bond acceptors (Lipinski definition) is 5. The molecule has 0 spiro atoms. The van der Waals surface area contributed by atoms with Gasteiger partial charge in [-0.05, 0) is 19.3 Å². The molecule has 0 radical (unpaired) electrons. The van der Waals surface area contributed by atoms with Crippen molar-refractivity contribution in [2.75, 3.05) is 6.61 Å². The van der Waals surface area contributed by atoms with Gasteiger partial charge in [-0.15, -0.1) is 0 Å². The smallest absolute Gasteiger partial charge is 0.259 e. The van der Waals surface area contributed by atoms with E-state index in [1.54, 1.807) is 0 Å². The van der Waals surface area contributed by atoms with Crippen molar-refractivity contribution < 1.29 is 24.2 Å². The summed E-state index contributed by atoms with van der Waals surface area (Å²) in [7, 11) is 0. The van der Waals surface area contributed by atoms with E-state index in [1.807, 2.05) is 13.8 Å². The molecule has 14 heavy (non-hydrogen) atoms. The number of hydrogen-bond donors (Lipinski definition) is 0. The second-order valence-electron chi connectivity index (χ2n) is 3.50. The van der Waals surface area contributed by atoms with Crippen molar-refractivity contribution in [2.24, 2.45) is 11.8 Å². The molecule has 0 bridgehead atoms. The van der Waals surface area contributed by atoms with Gasteiger partial charge in [0.25, 0.3) is 6.16 Å². The highest BCUT2D eigenvalue weighted by Crippen LogP contribution is 2.27. The van der Waals surface area contributed by atoms with Crippen molar-refractivity contribution in [1.29, 1.82) is 0 Å². The lowest BCUT2D eigenvalue weighted by molar-refractivity contribution is -0.280. The first-order valence-corrected chi connectivity index (χ1v) is 4.56. The van der Waals surface area contributed by atoms with Crippen LogP contribution in [0.1, 0.15) is 20.3 Å². The molecule has 0 aromatic carbocycles. The standard InChI is InChI=1S/C9H14O5/c1-5-6(2)13-4-3-7(5)8(10)14-9(11)12/h5-7H,3-4H2,1-2H3,(H,11,12)/p-1. The van der Waals surface area contributed by atoms with Crippen LogP contribution in [0.3, 0.4) is 0 Å². The van der Waals surface area contributed by atoms with Crippen molar-refractivity contribution in [3.63, 3.8) is 0 Å². The van der Waals surface area contributed by atoms with Crippen LogP contribution in [0.2, 0.25) is 0 Å². The first-order valence-electron chi connectivity index (χ1n) is 4.56. The molecule has 0 aliphatic carbocycles. The van der Waals surface area contributed by atoms with Gasteiger partial charge in [0.15, 0.2) is 0 Å². The van der Waals surface area contributed by atoms with Crippen molar-refractivity contribution in [3.05, 3.63) is 0 Å². The van der Waals surface area contributed by atoms with Crippen LogP contribution < -0.4 is 5.11 Å². The monoisotopic (exact) mass is 201 g/mol. The summed E-state index contributed by atoms with van der Waals surface area (Å²) in [6, 6.07) is 0. The third-order valence-corrected chi connectivity index (χ3v) is 2.67. The highest BCUT2D eigenvalue weighted by molar-refractivity contribution is 5.82. The van der Waals surface area contributed by atoms with Gasteiger partial charge < -0.3 is 19.4 Å². The fourth-order valence-electron chi connectivity index (χ4n) is 1.61. The maximum Gasteiger partial charge on any atom is 0.259 e. The molecule has 5 heteroatoms. The predicted molar refractivity (Wildman–Crippen MR) is 44.2 cm³/mol.